The monoisotopic (exact) mass is 572 g/mol. The third kappa shape index (κ3) is 5.04. The zero-order chi connectivity index (χ0) is 26.3. The van der Waals surface area contributed by atoms with E-state index in [-0.39, 0.29) is 16.6 Å². The predicted molar refractivity (Wildman–Crippen MR) is 149 cm³/mol. The molecule has 1 aliphatic rings. The number of fused-ring (bicyclic) bond motifs is 1. The van der Waals surface area contributed by atoms with Crippen molar-refractivity contribution in [2.24, 2.45) is 5.73 Å². The Balaban J connectivity index is 1.42. The Kier molecular flexibility index (Phi) is 7.12. The number of aryl methyl sites for hydroxylation is 1. The molecule has 3 heterocycles. The number of hydrogen-bond acceptors (Lipinski definition) is 7. The lowest BCUT2D eigenvalue weighted by Gasteiger charge is -2.28. The van der Waals surface area contributed by atoms with Gasteiger partial charge in [-0.15, -0.1) is 22.7 Å². The lowest BCUT2D eigenvalue weighted by molar-refractivity contribution is -0.130. The van der Waals surface area contributed by atoms with Crippen LogP contribution < -0.4 is 11.1 Å². The fourth-order valence-electron chi connectivity index (χ4n) is 4.56. The summed E-state index contributed by atoms with van der Waals surface area (Å²) in [6.07, 6.45) is 0.887. The van der Waals surface area contributed by atoms with Crippen LogP contribution in [0.25, 0.3) is 10.1 Å². The average Bonchev–Trinajstić information content (AvgIpc) is 3.60. The number of amides is 1. The summed E-state index contributed by atoms with van der Waals surface area (Å²) >= 11 is 8.74. The number of likely N-dealkylation sites (tertiary alicyclic amines) is 1. The van der Waals surface area contributed by atoms with Gasteiger partial charge < -0.3 is 10.6 Å². The van der Waals surface area contributed by atoms with Crippen LogP contribution in [-0.4, -0.2) is 31.6 Å². The van der Waals surface area contributed by atoms with Gasteiger partial charge in [0.05, 0.1) is 9.77 Å². The van der Waals surface area contributed by atoms with E-state index in [0.29, 0.717) is 39.2 Å². The van der Waals surface area contributed by atoms with Gasteiger partial charge in [-0.05, 0) is 71.6 Å². The molecule has 37 heavy (non-hydrogen) atoms. The first-order valence-corrected chi connectivity index (χ1v) is 15.2. The van der Waals surface area contributed by atoms with E-state index in [0.717, 1.165) is 27.6 Å². The summed E-state index contributed by atoms with van der Waals surface area (Å²) in [7, 11) is -3.74. The smallest absolute Gasteiger partial charge is 0.224 e. The normalized spacial score (nSPS) is 15.0. The van der Waals surface area contributed by atoms with Gasteiger partial charge >= 0.3 is 0 Å². The van der Waals surface area contributed by atoms with Crippen molar-refractivity contribution in [1.82, 2.24) is 10.2 Å². The largest absolute Gasteiger partial charge is 0.383 e. The number of nitrogens with two attached hydrogens (primary N) is 1. The van der Waals surface area contributed by atoms with E-state index < -0.39 is 16.0 Å². The summed E-state index contributed by atoms with van der Waals surface area (Å²) < 4.78 is 28.4. The van der Waals surface area contributed by atoms with Gasteiger partial charge in [0, 0.05) is 34.8 Å². The number of carbonyl (C=O) groups excluding carboxylic acids is 1. The first kappa shape index (κ1) is 25.9. The van der Waals surface area contributed by atoms with Crippen LogP contribution in [0.1, 0.15) is 40.6 Å². The lowest BCUT2D eigenvalue weighted by Crippen LogP contribution is -2.38. The van der Waals surface area contributed by atoms with E-state index in [1.165, 1.54) is 22.7 Å². The predicted octanol–water partition coefficient (Wildman–Crippen LogP) is 5.45. The highest BCUT2D eigenvalue weighted by Gasteiger charge is 2.30. The van der Waals surface area contributed by atoms with E-state index >= 15 is 0 Å². The van der Waals surface area contributed by atoms with Crippen molar-refractivity contribution in [2.45, 2.75) is 41.6 Å². The summed E-state index contributed by atoms with van der Waals surface area (Å²) in [5, 5.41) is 14.4. The molecule has 1 unspecified atom stereocenters. The minimum atomic E-state index is -3.74. The number of amidine groups is 1. The molecule has 1 fully saturated rings. The van der Waals surface area contributed by atoms with Crippen LogP contribution in [0.4, 0.5) is 0 Å². The molecule has 0 spiro atoms. The topological polar surface area (TPSA) is 116 Å². The molecule has 7 nitrogen and oxygen atoms in total. The number of nitrogens with zero attached hydrogens (tertiary/aromatic N) is 1. The Bertz CT molecular complexity index is 1630. The van der Waals surface area contributed by atoms with Crippen molar-refractivity contribution < 1.29 is 13.2 Å². The first-order chi connectivity index (χ1) is 17.6. The maximum Gasteiger partial charge on any atom is 0.224 e. The van der Waals surface area contributed by atoms with Crippen LogP contribution in [0.5, 0.6) is 0 Å². The molecule has 4 N–H and O–H groups in total. The van der Waals surface area contributed by atoms with E-state index in [9.17, 15) is 13.2 Å². The molecule has 2 aromatic heterocycles. The number of nitrogen functional groups attached to an aromatic ring is 1. The quantitative estimate of drug-likeness (QED) is 0.192. The fraction of sp³-hybridized carbons (Fsp3) is 0.231. The summed E-state index contributed by atoms with van der Waals surface area (Å²) in [6.45, 7) is 2.79. The molecule has 11 heteroatoms. The maximum atomic E-state index is 13.6. The van der Waals surface area contributed by atoms with Crippen molar-refractivity contribution in [1.29, 1.82) is 5.41 Å². The zero-order valence-corrected chi connectivity index (χ0v) is 23.2. The number of nitrogens with one attached hydrogen (secondary N) is 2. The van der Waals surface area contributed by atoms with Gasteiger partial charge in [-0.1, -0.05) is 23.7 Å². The summed E-state index contributed by atoms with van der Waals surface area (Å²) in [5.74, 6) is 0.0456. The van der Waals surface area contributed by atoms with E-state index in [4.69, 9.17) is 22.7 Å². The standard InChI is InChI=1S/C26H25ClN4O3S3/c1-15-20-12-18(27)7-8-21(20)36-26(15)37(33,34)19-5-2-4-16(10-19)13-30-25(31-9-3-6-23(31)32)17-11-22(24(28)29)35-14-17/h2,4-5,7-8,10-12,14,25,30H,3,6,9,13H2,1H3,(H3,28,29). The third-order valence-electron chi connectivity index (χ3n) is 6.43. The zero-order valence-electron chi connectivity index (χ0n) is 20.0. The molecular formula is C26H25ClN4O3S3. The highest BCUT2D eigenvalue weighted by Crippen LogP contribution is 2.38. The molecule has 5 rings (SSSR count). The van der Waals surface area contributed by atoms with Gasteiger partial charge in [-0.3, -0.25) is 15.5 Å². The molecule has 0 radical (unpaired) electrons. The molecule has 0 bridgehead atoms. The number of rotatable bonds is 8. The molecule has 1 saturated heterocycles. The fourth-order valence-corrected chi connectivity index (χ4v) is 8.73. The molecule has 192 valence electrons. The second kappa shape index (κ2) is 10.2. The molecular weight excluding hydrogens is 548 g/mol. The second-order valence-electron chi connectivity index (χ2n) is 8.94. The van der Waals surface area contributed by atoms with Crippen LogP contribution in [-0.2, 0) is 21.2 Å². The number of carbonyl (C=O) groups is 1. The molecule has 2 aromatic carbocycles. The number of hydrogen-bond donors (Lipinski definition) is 3. The summed E-state index contributed by atoms with van der Waals surface area (Å²) in [5.41, 5.74) is 7.98. The molecule has 1 atom stereocenters. The Morgan fingerprint density at radius 2 is 2.05 bits per heavy atom. The van der Waals surface area contributed by atoms with Crippen molar-refractivity contribution in [3.63, 3.8) is 0 Å². The number of thiophene rings is 2. The van der Waals surface area contributed by atoms with Crippen molar-refractivity contribution in [3.05, 3.63) is 80.5 Å². The molecule has 0 saturated carbocycles. The van der Waals surface area contributed by atoms with Gasteiger partial charge in [-0.2, -0.15) is 0 Å². The van der Waals surface area contributed by atoms with Gasteiger partial charge in [0.25, 0.3) is 0 Å². The summed E-state index contributed by atoms with van der Waals surface area (Å²) in [4.78, 5) is 15.2. The second-order valence-corrected chi connectivity index (χ2v) is 13.5. The van der Waals surface area contributed by atoms with Gasteiger partial charge in [0.15, 0.2) is 0 Å². The van der Waals surface area contributed by atoms with Crippen LogP contribution in [0.3, 0.4) is 0 Å². The molecule has 0 aliphatic carbocycles. The molecule has 1 aliphatic heterocycles. The van der Waals surface area contributed by atoms with Gasteiger partial charge in [-0.25, -0.2) is 8.42 Å². The minimum Gasteiger partial charge on any atom is -0.383 e. The Labute approximate surface area is 228 Å². The van der Waals surface area contributed by atoms with Crippen LogP contribution >= 0.6 is 34.3 Å². The Morgan fingerprint density at radius 1 is 1.24 bits per heavy atom. The van der Waals surface area contributed by atoms with Gasteiger partial charge in [0.2, 0.25) is 15.7 Å². The van der Waals surface area contributed by atoms with E-state index in [2.05, 4.69) is 5.32 Å². The van der Waals surface area contributed by atoms with Crippen LogP contribution in [0.2, 0.25) is 5.02 Å². The van der Waals surface area contributed by atoms with Crippen molar-refractivity contribution >= 4 is 65.9 Å². The number of benzene rings is 2. The molecule has 4 aromatic rings. The highest BCUT2D eigenvalue weighted by atomic mass is 35.5. The first-order valence-electron chi connectivity index (χ1n) is 11.6. The van der Waals surface area contributed by atoms with Crippen LogP contribution in [0.15, 0.2) is 63.0 Å². The Hall–Kier alpha value is -2.76. The Morgan fingerprint density at radius 3 is 2.76 bits per heavy atom. The van der Waals surface area contributed by atoms with Crippen molar-refractivity contribution in [3.8, 4) is 0 Å². The lowest BCUT2D eigenvalue weighted by atomic mass is 10.2. The molecule has 1 amide bonds. The number of sulfone groups is 1. The SMILES string of the molecule is Cc1c(S(=O)(=O)c2cccc(CNC(c3csc(C(=N)N)c3)N3CCCC3=O)c2)sc2ccc(Cl)cc12. The number of halogens is 1. The minimum absolute atomic E-state index is 0.0144. The van der Waals surface area contributed by atoms with Crippen LogP contribution in [0, 0.1) is 12.3 Å². The third-order valence-corrected chi connectivity index (χ3v) is 11.3. The summed E-state index contributed by atoms with van der Waals surface area (Å²) in [6, 6.07) is 14.1. The van der Waals surface area contributed by atoms with Crippen molar-refractivity contribution in [2.75, 3.05) is 6.54 Å². The highest BCUT2D eigenvalue weighted by molar-refractivity contribution is 7.93. The maximum absolute atomic E-state index is 13.6. The average molecular weight is 573 g/mol. The van der Waals surface area contributed by atoms with Gasteiger partial charge in [0.1, 0.15) is 16.2 Å². The van der Waals surface area contributed by atoms with E-state index in [1.807, 2.05) is 23.6 Å². The van der Waals surface area contributed by atoms with E-state index in [1.54, 1.807) is 42.2 Å².